The van der Waals surface area contributed by atoms with Gasteiger partial charge in [-0.2, -0.15) is 0 Å². The first-order chi connectivity index (χ1) is 8.33. The first kappa shape index (κ1) is 15.4. The Balaban J connectivity index is 2.43. The molecule has 0 aromatic heterocycles. The molecule has 0 aromatic carbocycles. The fourth-order valence-corrected chi connectivity index (χ4v) is 3.30. The molecule has 0 amide bonds. The Labute approximate surface area is 109 Å². The standard InChI is InChI=1S/C11H23N3O3S/c1-9(2)17-7-8-18(15,16)14-5-3-10(4-6-14)11(12)13/h9-10H,3-8H2,1-2H3,(H3,12,13). The van der Waals surface area contributed by atoms with E-state index in [2.05, 4.69) is 0 Å². The van der Waals surface area contributed by atoms with Crippen molar-refractivity contribution in [1.82, 2.24) is 4.31 Å². The van der Waals surface area contributed by atoms with Gasteiger partial charge in [0.2, 0.25) is 10.0 Å². The second kappa shape index (κ2) is 6.49. The molecule has 0 saturated carbocycles. The minimum atomic E-state index is -3.23. The van der Waals surface area contributed by atoms with Crippen LogP contribution >= 0.6 is 0 Å². The Morgan fingerprint density at radius 2 is 2.00 bits per heavy atom. The molecule has 106 valence electrons. The third-order valence-electron chi connectivity index (χ3n) is 3.08. The van der Waals surface area contributed by atoms with E-state index in [0.29, 0.717) is 25.9 Å². The van der Waals surface area contributed by atoms with Crippen molar-refractivity contribution in [2.45, 2.75) is 32.8 Å². The molecule has 1 fully saturated rings. The van der Waals surface area contributed by atoms with E-state index in [1.54, 1.807) is 0 Å². The average molecular weight is 277 g/mol. The minimum Gasteiger partial charge on any atom is -0.387 e. The molecule has 1 saturated heterocycles. The molecule has 1 aliphatic heterocycles. The van der Waals surface area contributed by atoms with Gasteiger partial charge in [-0.05, 0) is 26.7 Å². The maximum Gasteiger partial charge on any atom is 0.216 e. The summed E-state index contributed by atoms with van der Waals surface area (Å²) in [4.78, 5) is 0. The lowest BCUT2D eigenvalue weighted by atomic mass is 9.97. The van der Waals surface area contributed by atoms with Crippen molar-refractivity contribution in [3.8, 4) is 0 Å². The summed E-state index contributed by atoms with van der Waals surface area (Å²) < 4.78 is 30.8. The number of nitrogens with zero attached hydrogens (tertiary/aromatic N) is 1. The summed E-state index contributed by atoms with van der Waals surface area (Å²) in [7, 11) is -3.23. The van der Waals surface area contributed by atoms with Crippen LogP contribution in [-0.2, 0) is 14.8 Å². The van der Waals surface area contributed by atoms with Crippen LogP contribution in [0.1, 0.15) is 26.7 Å². The number of ether oxygens (including phenoxy) is 1. The summed E-state index contributed by atoms with van der Waals surface area (Å²) >= 11 is 0. The first-order valence-corrected chi connectivity index (χ1v) is 7.87. The van der Waals surface area contributed by atoms with Gasteiger partial charge in [0.15, 0.2) is 0 Å². The third kappa shape index (κ3) is 4.55. The molecule has 0 aromatic rings. The monoisotopic (exact) mass is 277 g/mol. The van der Waals surface area contributed by atoms with Gasteiger partial charge in [-0.25, -0.2) is 12.7 Å². The van der Waals surface area contributed by atoms with Crippen LogP contribution in [0.2, 0.25) is 0 Å². The molecule has 1 heterocycles. The molecule has 0 radical (unpaired) electrons. The number of hydrogen-bond donors (Lipinski definition) is 2. The van der Waals surface area contributed by atoms with E-state index in [1.807, 2.05) is 13.8 Å². The van der Waals surface area contributed by atoms with E-state index in [4.69, 9.17) is 15.9 Å². The van der Waals surface area contributed by atoms with Gasteiger partial charge in [0.1, 0.15) is 0 Å². The Hall–Kier alpha value is -0.660. The molecular formula is C11H23N3O3S. The molecular weight excluding hydrogens is 254 g/mol. The lowest BCUT2D eigenvalue weighted by Crippen LogP contribution is -2.43. The van der Waals surface area contributed by atoms with E-state index < -0.39 is 10.0 Å². The molecule has 0 atom stereocenters. The van der Waals surface area contributed by atoms with Crippen LogP contribution in [0.5, 0.6) is 0 Å². The fraction of sp³-hybridized carbons (Fsp3) is 0.909. The molecule has 0 bridgehead atoms. The molecule has 0 spiro atoms. The summed E-state index contributed by atoms with van der Waals surface area (Å²) in [5.74, 6) is 0.217. The number of hydrogen-bond acceptors (Lipinski definition) is 4. The second-order valence-electron chi connectivity index (χ2n) is 4.86. The Morgan fingerprint density at radius 1 is 1.44 bits per heavy atom. The lowest BCUT2D eigenvalue weighted by molar-refractivity contribution is 0.0905. The number of rotatable bonds is 6. The van der Waals surface area contributed by atoms with Crippen molar-refractivity contribution < 1.29 is 13.2 Å². The van der Waals surface area contributed by atoms with Crippen molar-refractivity contribution in [3.63, 3.8) is 0 Å². The number of amidine groups is 1. The predicted octanol–water partition coefficient (Wildman–Crippen LogP) is 0.389. The van der Waals surface area contributed by atoms with E-state index in [9.17, 15) is 8.42 Å². The third-order valence-corrected chi connectivity index (χ3v) is 4.91. The van der Waals surface area contributed by atoms with Crippen LogP contribution in [0.15, 0.2) is 0 Å². The largest absolute Gasteiger partial charge is 0.387 e. The van der Waals surface area contributed by atoms with Gasteiger partial charge in [0.05, 0.1) is 24.3 Å². The molecule has 1 aliphatic rings. The van der Waals surface area contributed by atoms with E-state index in [-0.39, 0.29) is 30.2 Å². The Bertz CT molecular complexity index is 373. The van der Waals surface area contributed by atoms with Gasteiger partial charge in [-0.1, -0.05) is 0 Å². The zero-order valence-electron chi connectivity index (χ0n) is 11.1. The Morgan fingerprint density at radius 3 is 2.44 bits per heavy atom. The number of nitrogens with one attached hydrogen (secondary N) is 1. The highest BCUT2D eigenvalue weighted by atomic mass is 32.2. The zero-order valence-corrected chi connectivity index (χ0v) is 11.9. The molecule has 6 nitrogen and oxygen atoms in total. The van der Waals surface area contributed by atoms with Crippen molar-refractivity contribution in [2.24, 2.45) is 11.7 Å². The van der Waals surface area contributed by atoms with Crippen molar-refractivity contribution in [1.29, 1.82) is 5.41 Å². The van der Waals surface area contributed by atoms with Gasteiger partial charge >= 0.3 is 0 Å². The van der Waals surface area contributed by atoms with Gasteiger partial charge < -0.3 is 10.5 Å². The van der Waals surface area contributed by atoms with Crippen LogP contribution in [0.3, 0.4) is 0 Å². The van der Waals surface area contributed by atoms with Crippen LogP contribution in [-0.4, -0.2) is 50.1 Å². The summed E-state index contributed by atoms with van der Waals surface area (Å²) in [5.41, 5.74) is 5.43. The highest BCUT2D eigenvalue weighted by molar-refractivity contribution is 7.89. The van der Waals surface area contributed by atoms with Crippen LogP contribution in [0.4, 0.5) is 0 Å². The molecule has 3 N–H and O–H groups in total. The summed E-state index contributed by atoms with van der Waals surface area (Å²) in [6, 6.07) is 0. The van der Waals surface area contributed by atoms with Crippen molar-refractivity contribution in [2.75, 3.05) is 25.4 Å². The quantitative estimate of drug-likeness (QED) is 0.542. The predicted molar refractivity (Wildman–Crippen MR) is 71.1 cm³/mol. The van der Waals surface area contributed by atoms with Gasteiger partial charge in [0.25, 0.3) is 0 Å². The number of sulfonamides is 1. The lowest BCUT2D eigenvalue weighted by Gasteiger charge is -2.30. The first-order valence-electron chi connectivity index (χ1n) is 6.26. The maximum atomic E-state index is 12.0. The zero-order chi connectivity index (χ0) is 13.8. The molecule has 0 aliphatic carbocycles. The summed E-state index contributed by atoms with van der Waals surface area (Å²) in [6.07, 6.45) is 1.32. The fourth-order valence-electron chi connectivity index (χ4n) is 1.96. The van der Waals surface area contributed by atoms with Crippen LogP contribution in [0.25, 0.3) is 0 Å². The highest BCUT2D eigenvalue weighted by Crippen LogP contribution is 2.19. The average Bonchev–Trinajstić information content (AvgIpc) is 2.28. The van der Waals surface area contributed by atoms with E-state index in [0.717, 1.165) is 0 Å². The molecule has 1 rings (SSSR count). The van der Waals surface area contributed by atoms with Crippen LogP contribution in [0, 0.1) is 11.3 Å². The number of nitrogens with two attached hydrogens (primary N) is 1. The van der Waals surface area contributed by atoms with Crippen molar-refractivity contribution >= 4 is 15.9 Å². The highest BCUT2D eigenvalue weighted by Gasteiger charge is 2.28. The topological polar surface area (TPSA) is 96.5 Å². The number of piperidine rings is 1. The minimum absolute atomic E-state index is 0.0237. The SMILES string of the molecule is CC(C)OCCS(=O)(=O)N1CCC(C(=N)N)CC1. The van der Waals surface area contributed by atoms with E-state index >= 15 is 0 Å². The summed E-state index contributed by atoms with van der Waals surface area (Å²) in [5, 5.41) is 7.36. The van der Waals surface area contributed by atoms with Gasteiger partial charge in [-0.3, -0.25) is 5.41 Å². The van der Waals surface area contributed by atoms with Gasteiger partial charge in [-0.15, -0.1) is 0 Å². The molecule has 0 unspecified atom stereocenters. The normalized spacial score (nSPS) is 19.3. The molecule has 7 heteroatoms. The Kier molecular flexibility index (Phi) is 5.55. The second-order valence-corrected chi connectivity index (χ2v) is 6.95. The molecule has 18 heavy (non-hydrogen) atoms. The summed E-state index contributed by atoms with van der Waals surface area (Å²) in [6.45, 7) is 4.89. The van der Waals surface area contributed by atoms with Crippen LogP contribution < -0.4 is 5.73 Å². The smallest absolute Gasteiger partial charge is 0.216 e. The van der Waals surface area contributed by atoms with E-state index in [1.165, 1.54) is 4.31 Å². The van der Waals surface area contributed by atoms with Gasteiger partial charge in [0, 0.05) is 19.0 Å². The van der Waals surface area contributed by atoms with Crippen molar-refractivity contribution in [3.05, 3.63) is 0 Å². The maximum absolute atomic E-state index is 12.0.